The van der Waals surface area contributed by atoms with Crippen molar-refractivity contribution in [3.8, 4) is 0 Å². The average molecular weight is 459 g/mol. The van der Waals surface area contributed by atoms with Crippen molar-refractivity contribution in [3.63, 3.8) is 0 Å². The van der Waals surface area contributed by atoms with Gasteiger partial charge in [-0.25, -0.2) is 9.97 Å². The number of carbonyl (C=O) groups excluding carboxylic acids is 2. The number of carbonyl (C=O) groups is 2. The van der Waals surface area contributed by atoms with Gasteiger partial charge in [-0.1, -0.05) is 24.2 Å². The van der Waals surface area contributed by atoms with E-state index in [1.165, 1.54) is 38.8 Å². The second-order valence-corrected chi connectivity index (χ2v) is 9.61. The number of aromatic nitrogens is 2. The van der Waals surface area contributed by atoms with E-state index >= 15 is 0 Å². The lowest BCUT2D eigenvalue weighted by atomic mass is 10.2. The van der Waals surface area contributed by atoms with E-state index in [4.69, 9.17) is 0 Å². The molecular weight excluding hydrogens is 424 g/mol. The van der Waals surface area contributed by atoms with Crippen LogP contribution in [0.15, 0.2) is 18.3 Å². The molecule has 0 atom stereocenters. The van der Waals surface area contributed by atoms with Crippen LogP contribution in [0, 0.1) is 0 Å². The molecule has 2 aliphatic heterocycles. The Morgan fingerprint density at radius 3 is 2.53 bits per heavy atom. The number of anilines is 1. The van der Waals surface area contributed by atoms with Crippen LogP contribution in [-0.4, -0.2) is 83.9 Å². The Balaban J connectivity index is 1.11. The van der Waals surface area contributed by atoms with Crippen molar-refractivity contribution < 1.29 is 9.59 Å². The van der Waals surface area contributed by atoms with E-state index in [0.717, 1.165) is 41.5 Å². The van der Waals surface area contributed by atoms with Gasteiger partial charge < -0.3 is 20.0 Å². The van der Waals surface area contributed by atoms with Crippen molar-refractivity contribution in [3.05, 3.63) is 18.3 Å². The molecule has 0 aromatic carbocycles. The molecule has 32 heavy (non-hydrogen) atoms. The minimum atomic E-state index is -0.0187. The van der Waals surface area contributed by atoms with E-state index < -0.39 is 0 Å². The molecule has 2 saturated heterocycles. The lowest BCUT2D eigenvalue weighted by Crippen LogP contribution is -2.49. The highest BCUT2D eigenvalue weighted by molar-refractivity contribution is 7.21. The fourth-order valence-corrected chi connectivity index (χ4v) is 5.36. The molecule has 0 unspecified atom stereocenters. The summed E-state index contributed by atoms with van der Waals surface area (Å²) in [6.45, 7) is 6.96. The molecule has 2 aliphatic rings. The molecular formula is C23H34N6O2S. The largest absolute Gasteiger partial charge is 0.356 e. The lowest BCUT2D eigenvalue weighted by Gasteiger charge is -2.34. The number of hydrogen-bond acceptors (Lipinski definition) is 7. The predicted octanol–water partition coefficient (Wildman–Crippen LogP) is 2.50. The number of likely N-dealkylation sites (tertiary alicyclic amines) is 1. The normalized spacial score (nSPS) is 18.0. The number of pyridine rings is 1. The second-order valence-electron chi connectivity index (χ2n) is 8.65. The van der Waals surface area contributed by atoms with Crippen molar-refractivity contribution in [2.24, 2.45) is 0 Å². The smallest absolute Gasteiger partial charge is 0.223 e. The average Bonchev–Trinajstić information content (AvgIpc) is 3.09. The van der Waals surface area contributed by atoms with Gasteiger partial charge in [-0.3, -0.25) is 9.59 Å². The predicted molar refractivity (Wildman–Crippen MR) is 128 cm³/mol. The van der Waals surface area contributed by atoms with Crippen LogP contribution in [0.4, 0.5) is 5.13 Å². The molecule has 174 valence electrons. The summed E-state index contributed by atoms with van der Waals surface area (Å²) < 4.78 is 0. The number of piperazine rings is 1. The number of fused-ring (bicyclic) bond motifs is 1. The number of rotatable bonds is 8. The molecule has 2 aromatic rings. The molecule has 0 saturated carbocycles. The van der Waals surface area contributed by atoms with Crippen LogP contribution in [0.5, 0.6) is 0 Å². The van der Waals surface area contributed by atoms with Gasteiger partial charge in [0.15, 0.2) is 5.13 Å². The number of thiazole rings is 1. The molecule has 2 fully saturated rings. The van der Waals surface area contributed by atoms with Crippen LogP contribution in [-0.2, 0) is 9.59 Å². The van der Waals surface area contributed by atoms with E-state index in [1.54, 1.807) is 17.5 Å². The van der Waals surface area contributed by atoms with Gasteiger partial charge in [0.05, 0.1) is 0 Å². The first-order chi connectivity index (χ1) is 15.7. The van der Waals surface area contributed by atoms with E-state index in [9.17, 15) is 9.59 Å². The zero-order valence-electron chi connectivity index (χ0n) is 18.8. The third-order valence-corrected chi connectivity index (χ3v) is 7.34. The first-order valence-electron chi connectivity index (χ1n) is 11.9. The van der Waals surface area contributed by atoms with Crippen LogP contribution in [0.25, 0.3) is 10.3 Å². The Kier molecular flexibility index (Phi) is 8.28. The quantitative estimate of drug-likeness (QED) is 0.612. The van der Waals surface area contributed by atoms with E-state index in [-0.39, 0.29) is 24.7 Å². The summed E-state index contributed by atoms with van der Waals surface area (Å²) >= 11 is 1.59. The van der Waals surface area contributed by atoms with Crippen molar-refractivity contribution in [1.82, 2.24) is 25.1 Å². The standard InChI is InChI=1S/C23H34N6O2S/c30-20(24-11-6-14-27-12-3-1-2-4-13-27)8-9-21(31)28-15-17-29(18-16-28)23-26-19-7-5-10-25-22(19)32-23/h5,7,10H,1-4,6,8-9,11-18H2,(H,24,30). The Morgan fingerprint density at radius 2 is 1.78 bits per heavy atom. The lowest BCUT2D eigenvalue weighted by molar-refractivity contribution is -0.133. The fraction of sp³-hybridized carbons (Fsp3) is 0.652. The van der Waals surface area contributed by atoms with Crippen molar-refractivity contribution >= 4 is 38.6 Å². The van der Waals surface area contributed by atoms with Gasteiger partial charge in [-0.05, 0) is 51.0 Å². The summed E-state index contributed by atoms with van der Waals surface area (Å²) in [4.78, 5) is 41.2. The molecule has 0 spiro atoms. The number of nitrogens with zero attached hydrogens (tertiary/aromatic N) is 5. The van der Waals surface area contributed by atoms with Gasteiger partial charge in [0.1, 0.15) is 10.3 Å². The molecule has 0 aliphatic carbocycles. The molecule has 0 radical (unpaired) electrons. The Bertz CT molecular complexity index is 854. The Hall–Kier alpha value is -2.26. The van der Waals surface area contributed by atoms with Gasteiger partial charge in [-0.2, -0.15) is 0 Å². The fourth-order valence-electron chi connectivity index (χ4n) is 4.40. The molecule has 4 rings (SSSR count). The monoisotopic (exact) mass is 458 g/mol. The summed E-state index contributed by atoms with van der Waals surface area (Å²) in [5.74, 6) is 0.0464. The van der Waals surface area contributed by atoms with Gasteiger partial charge in [-0.15, -0.1) is 0 Å². The molecule has 0 bridgehead atoms. The maximum Gasteiger partial charge on any atom is 0.223 e. The minimum Gasteiger partial charge on any atom is -0.356 e. The van der Waals surface area contributed by atoms with E-state index in [0.29, 0.717) is 19.6 Å². The maximum absolute atomic E-state index is 12.6. The van der Waals surface area contributed by atoms with E-state index in [2.05, 4.69) is 25.1 Å². The topological polar surface area (TPSA) is 81.7 Å². The molecule has 2 amide bonds. The number of nitrogens with one attached hydrogen (secondary N) is 1. The third-order valence-electron chi connectivity index (χ3n) is 6.30. The summed E-state index contributed by atoms with van der Waals surface area (Å²) in [6, 6.07) is 3.87. The highest BCUT2D eigenvalue weighted by Crippen LogP contribution is 2.27. The van der Waals surface area contributed by atoms with Gasteiger partial charge in [0.2, 0.25) is 11.8 Å². The van der Waals surface area contributed by atoms with Crippen molar-refractivity contribution in [2.75, 3.05) is 57.3 Å². The maximum atomic E-state index is 12.6. The van der Waals surface area contributed by atoms with E-state index in [1.807, 2.05) is 17.0 Å². The summed E-state index contributed by atoms with van der Waals surface area (Å²) in [5.41, 5.74) is 0.920. The Morgan fingerprint density at radius 1 is 1.00 bits per heavy atom. The number of amides is 2. The first-order valence-corrected chi connectivity index (χ1v) is 12.7. The van der Waals surface area contributed by atoms with Crippen LogP contribution < -0.4 is 10.2 Å². The SMILES string of the molecule is O=C(CCC(=O)N1CCN(c2nc3cccnc3s2)CC1)NCCCN1CCCCCC1. The van der Waals surface area contributed by atoms with Crippen molar-refractivity contribution in [1.29, 1.82) is 0 Å². The van der Waals surface area contributed by atoms with Gasteiger partial charge >= 0.3 is 0 Å². The zero-order valence-corrected chi connectivity index (χ0v) is 19.6. The summed E-state index contributed by atoms with van der Waals surface area (Å²) in [5, 5.41) is 3.94. The summed E-state index contributed by atoms with van der Waals surface area (Å²) in [6.07, 6.45) is 8.58. The highest BCUT2D eigenvalue weighted by atomic mass is 32.1. The molecule has 2 aromatic heterocycles. The minimum absolute atomic E-state index is 0.0187. The van der Waals surface area contributed by atoms with Gasteiger partial charge in [0, 0.05) is 51.8 Å². The molecule has 4 heterocycles. The molecule has 1 N–H and O–H groups in total. The van der Waals surface area contributed by atoms with Crippen LogP contribution in [0.1, 0.15) is 44.9 Å². The van der Waals surface area contributed by atoms with Crippen LogP contribution in [0.3, 0.4) is 0 Å². The first kappa shape index (κ1) is 22.9. The number of hydrogen-bond donors (Lipinski definition) is 1. The summed E-state index contributed by atoms with van der Waals surface area (Å²) in [7, 11) is 0. The van der Waals surface area contributed by atoms with Crippen LogP contribution >= 0.6 is 11.3 Å². The van der Waals surface area contributed by atoms with Gasteiger partial charge in [0.25, 0.3) is 0 Å². The zero-order chi connectivity index (χ0) is 22.2. The van der Waals surface area contributed by atoms with Crippen molar-refractivity contribution in [2.45, 2.75) is 44.9 Å². The van der Waals surface area contributed by atoms with Crippen LogP contribution in [0.2, 0.25) is 0 Å². The Labute approximate surface area is 194 Å². The second kappa shape index (κ2) is 11.6. The molecule has 9 heteroatoms. The molecule has 8 nitrogen and oxygen atoms in total. The highest BCUT2D eigenvalue weighted by Gasteiger charge is 2.23. The third kappa shape index (κ3) is 6.38.